The molecule has 3 aromatic rings. The molecule has 24 heavy (non-hydrogen) atoms. The van der Waals surface area contributed by atoms with Crippen molar-refractivity contribution in [2.75, 3.05) is 6.61 Å². The molecule has 1 aromatic carbocycles. The quantitative estimate of drug-likeness (QED) is 0.537. The Morgan fingerprint density at radius 1 is 1.29 bits per heavy atom. The first-order valence-electron chi connectivity index (χ1n) is 7.40. The second-order valence-corrected chi connectivity index (χ2v) is 5.21. The standard InChI is InChI=1S/C17H15FN2O4/c18-12-6-5-11-9-14(16(21)19-15(11)10-12)17(22)20-24-8-2-4-13-3-1-7-23-13/h1,3,5-7,9-10H,2,4,8H2,(H,19,21)(H,20,22). The first-order valence-corrected chi connectivity index (χ1v) is 7.40. The summed E-state index contributed by atoms with van der Waals surface area (Å²) in [6.07, 6.45) is 2.93. The van der Waals surface area contributed by atoms with Crippen LogP contribution in [0.3, 0.4) is 0 Å². The minimum Gasteiger partial charge on any atom is -0.469 e. The van der Waals surface area contributed by atoms with Gasteiger partial charge in [0.15, 0.2) is 0 Å². The number of hydrogen-bond donors (Lipinski definition) is 2. The largest absolute Gasteiger partial charge is 0.469 e. The topological polar surface area (TPSA) is 84.3 Å². The molecule has 3 rings (SSSR count). The van der Waals surface area contributed by atoms with Crippen molar-refractivity contribution >= 4 is 16.8 Å². The Bertz CT molecular complexity index is 903. The summed E-state index contributed by atoms with van der Waals surface area (Å²) in [6.45, 7) is 0.281. The lowest BCUT2D eigenvalue weighted by Crippen LogP contribution is -2.30. The highest BCUT2D eigenvalue weighted by Crippen LogP contribution is 2.12. The Hall–Kier alpha value is -2.93. The Morgan fingerprint density at radius 2 is 2.17 bits per heavy atom. The number of halogens is 1. The van der Waals surface area contributed by atoms with Crippen molar-refractivity contribution < 1.29 is 18.4 Å². The zero-order valence-corrected chi connectivity index (χ0v) is 12.7. The number of pyridine rings is 1. The maximum absolute atomic E-state index is 13.1. The predicted molar refractivity (Wildman–Crippen MR) is 85.0 cm³/mol. The van der Waals surface area contributed by atoms with E-state index in [1.165, 1.54) is 24.3 Å². The Balaban J connectivity index is 1.58. The summed E-state index contributed by atoms with van der Waals surface area (Å²) >= 11 is 0. The van der Waals surface area contributed by atoms with E-state index < -0.39 is 17.3 Å². The molecule has 0 atom stereocenters. The van der Waals surface area contributed by atoms with Crippen LogP contribution >= 0.6 is 0 Å². The number of benzene rings is 1. The molecular weight excluding hydrogens is 315 g/mol. The van der Waals surface area contributed by atoms with Gasteiger partial charge >= 0.3 is 0 Å². The highest BCUT2D eigenvalue weighted by atomic mass is 19.1. The van der Waals surface area contributed by atoms with Crippen molar-refractivity contribution in [3.05, 3.63) is 70.2 Å². The van der Waals surface area contributed by atoms with E-state index in [9.17, 15) is 14.0 Å². The summed E-state index contributed by atoms with van der Waals surface area (Å²) in [4.78, 5) is 31.5. The maximum atomic E-state index is 13.1. The number of furan rings is 1. The van der Waals surface area contributed by atoms with Gasteiger partial charge in [-0.3, -0.25) is 14.4 Å². The lowest BCUT2D eigenvalue weighted by Gasteiger charge is -2.06. The number of rotatable bonds is 6. The van der Waals surface area contributed by atoms with Gasteiger partial charge in [-0.1, -0.05) is 0 Å². The number of carbonyl (C=O) groups is 1. The van der Waals surface area contributed by atoms with E-state index in [0.29, 0.717) is 23.7 Å². The Labute approximate surface area is 136 Å². The molecule has 0 aliphatic heterocycles. The molecule has 0 unspecified atom stereocenters. The van der Waals surface area contributed by atoms with E-state index in [2.05, 4.69) is 10.5 Å². The van der Waals surface area contributed by atoms with Gasteiger partial charge in [0.1, 0.15) is 17.1 Å². The van der Waals surface area contributed by atoms with Gasteiger partial charge in [-0.25, -0.2) is 9.87 Å². The van der Waals surface area contributed by atoms with Crippen LogP contribution in [0.4, 0.5) is 4.39 Å². The average Bonchev–Trinajstić information content (AvgIpc) is 3.07. The minimum absolute atomic E-state index is 0.0971. The lowest BCUT2D eigenvalue weighted by molar-refractivity contribution is 0.0300. The molecule has 0 aliphatic rings. The first-order chi connectivity index (χ1) is 11.6. The normalized spacial score (nSPS) is 10.9. The van der Waals surface area contributed by atoms with Gasteiger partial charge in [0.2, 0.25) is 0 Å². The number of amides is 1. The van der Waals surface area contributed by atoms with Gasteiger partial charge in [-0.15, -0.1) is 0 Å². The molecule has 1 amide bonds. The van der Waals surface area contributed by atoms with Crippen LogP contribution in [0, 0.1) is 5.82 Å². The molecule has 0 saturated heterocycles. The molecule has 2 N–H and O–H groups in total. The molecule has 2 heterocycles. The lowest BCUT2D eigenvalue weighted by atomic mass is 10.1. The summed E-state index contributed by atoms with van der Waals surface area (Å²) in [6, 6.07) is 9.00. The van der Waals surface area contributed by atoms with Crippen LogP contribution in [-0.2, 0) is 11.3 Å². The van der Waals surface area contributed by atoms with Crippen molar-refractivity contribution in [3.8, 4) is 0 Å². The SMILES string of the molecule is O=C(NOCCCc1ccco1)c1cc2ccc(F)cc2[nH]c1=O. The van der Waals surface area contributed by atoms with Gasteiger partial charge in [0, 0.05) is 6.42 Å². The summed E-state index contributed by atoms with van der Waals surface area (Å²) in [5, 5.41) is 0.555. The van der Waals surface area contributed by atoms with Crippen molar-refractivity contribution in [1.82, 2.24) is 10.5 Å². The third-order valence-electron chi connectivity index (χ3n) is 3.47. The summed E-state index contributed by atoms with van der Waals surface area (Å²) in [7, 11) is 0. The molecule has 0 spiro atoms. The zero-order chi connectivity index (χ0) is 16.9. The fraction of sp³-hybridized carbons (Fsp3) is 0.176. The smallest absolute Gasteiger partial charge is 0.280 e. The summed E-state index contributed by atoms with van der Waals surface area (Å²) < 4.78 is 18.3. The van der Waals surface area contributed by atoms with E-state index in [1.54, 1.807) is 12.3 Å². The molecule has 0 radical (unpaired) electrons. The fourth-order valence-electron chi connectivity index (χ4n) is 2.29. The number of carbonyl (C=O) groups excluding carboxylic acids is 1. The number of nitrogens with one attached hydrogen (secondary N) is 2. The van der Waals surface area contributed by atoms with Crippen LogP contribution in [0.15, 0.2) is 51.9 Å². The molecule has 124 valence electrons. The Morgan fingerprint density at radius 3 is 2.96 bits per heavy atom. The summed E-state index contributed by atoms with van der Waals surface area (Å²) in [5.74, 6) is -0.279. The molecule has 7 heteroatoms. The average molecular weight is 330 g/mol. The van der Waals surface area contributed by atoms with Gasteiger partial charge < -0.3 is 9.40 Å². The van der Waals surface area contributed by atoms with Gasteiger partial charge in [0.25, 0.3) is 11.5 Å². The highest BCUT2D eigenvalue weighted by Gasteiger charge is 2.12. The maximum Gasteiger partial charge on any atom is 0.280 e. The van der Waals surface area contributed by atoms with Crippen molar-refractivity contribution in [2.24, 2.45) is 0 Å². The van der Waals surface area contributed by atoms with Crippen LogP contribution in [0.2, 0.25) is 0 Å². The zero-order valence-electron chi connectivity index (χ0n) is 12.7. The van der Waals surface area contributed by atoms with Crippen LogP contribution in [0.1, 0.15) is 22.5 Å². The Kier molecular flexibility index (Phi) is 4.72. The van der Waals surface area contributed by atoms with E-state index in [0.717, 1.165) is 5.76 Å². The molecule has 2 aromatic heterocycles. The number of fused-ring (bicyclic) bond motifs is 1. The van der Waals surface area contributed by atoms with E-state index in [-0.39, 0.29) is 12.2 Å². The van der Waals surface area contributed by atoms with Crippen LogP contribution in [-0.4, -0.2) is 17.5 Å². The third-order valence-corrected chi connectivity index (χ3v) is 3.47. The number of aryl methyl sites for hydroxylation is 1. The van der Waals surface area contributed by atoms with Crippen LogP contribution < -0.4 is 11.0 Å². The number of hydroxylamine groups is 1. The predicted octanol–water partition coefficient (Wildman–Crippen LogP) is 2.55. The third kappa shape index (κ3) is 3.69. The highest BCUT2D eigenvalue weighted by molar-refractivity contribution is 5.96. The van der Waals surface area contributed by atoms with Crippen molar-refractivity contribution in [1.29, 1.82) is 0 Å². The molecular formula is C17H15FN2O4. The second kappa shape index (κ2) is 7.10. The first kappa shape index (κ1) is 15.9. The number of H-pyrrole nitrogens is 1. The van der Waals surface area contributed by atoms with Crippen molar-refractivity contribution in [2.45, 2.75) is 12.8 Å². The van der Waals surface area contributed by atoms with Gasteiger partial charge in [-0.05, 0) is 48.2 Å². The van der Waals surface area contributed by atoms with Crippen LogP contribution in [0.25, 0.3) is 10.9 Å². The number of aromatic nitrogens is 1. The van der Waals surface area contributed by atoms with Crippen LogP contribution in [0.5, 0.6) is 0 Å². The van der Waals surface area contributed by atoms with E-state index in [1.807, 2.05) is 6.07 Å². The molecule has 0 saturated carbocycles. The number of aromatic amines is 1. The minimum atomic E-state index is -0.652. The fourth-order valence-corrected chi connectivity index (χ4v) is 2.29. The second-order valence-electron chi connectivity index (χ2n) is 5.21. The van der Waals surface area contributed by atoms with E-state index >= 15 is 0 Å². The van der Waals surface area contributed by atoms with E-state index in [4.69, 9.17) is 9.25 Å². The molecule has 0 fully saturated rings. The molecule has 0 aliphatic carbocycles. The van der Waals surface area contributed by atoms with Gasteiger partial charge in [0.05, 0.1) is 18.4 Å². The van der Waals surface area contributed by atoms with Crippen molar-refractivity contribution in [3.63, 3.8) is 0 Å². The molecule has 0 bridgehead atoms. The van der Waals surface area contributed by atoms with Gasteiger partial charge in [-0.2, -0.15) is 0 Å². The number of hydrogen-bond acceptors (Lipinski definition) is 4. The monoisotopic (exact) mass is 330 g/mol. The molecule has 6 nitrogen and oxygen atoms in total. The summed E-state index contributed by atoms with van der Waals surface area (Å²) in [5.41, 5.74) is 1.86.